The van der Waals surface area contributed by atoms with Gasteiger partial charge in [0.1, 0.15) is 29.4 Å². The number of hydrogen-bond acceptors (Lipinski definition) is 6. The van der Waals surface area contributed by atoms with Crippen LogP contribution in [0.1, 0.15) is 40.7 Å². The summed E-state index contributed by atoms with van der Waals surface area (Å²) in [6.07, 6.45) is 0.897. The van der Waals surface area contributed by atoms with E-state index in [1.165, 1.54) is 24.3 Å². The maximum atomic E-state index is 13.3. The average molecular weight is 591 g/mol. The monoisotopic (exact) mass is 590 g/mol. The van der Waals surface area contributed by atoms with E-state index >= 15 is 0 Å². The molecule has 11 heteroatoms. The van der Waals surface area contributed by atoms with Crippen LogP contribution < -0.4 is 26.0 Å². The van der Waals surface area contributed by atoms with E-state index < -0.39 is 29.8 Å². The molecule has 0 aliphatic carbocycles. The lowest BCUT2D eigenvalue weighted by Crippen LogP contribution is -2.50. The Morgan fingerprint density at radius 1 is 0.953 bits per heavy atom. The standard InChI is InChI=1S/C32H35FN4O6/c33-23-10-6-21(7-11-23)16-18-35-31(41)26-14-15-29(39)36-27(20-22-8-12-24(38)13-9-22)32(42)34-17-3-19-43-28-5-2-1-4-25(28)30(40)37-26/h1-2,4-13,26-27,38H,3,14-20H2,(H,34,42)(H,35,41)(H,36,39)(H,37,40)/t26-,27?/m0/s1. The van der Waals surface area contributed by atoms with Crippen molar-refractivity contribution in [3.8, 4) is 11.5 Å². The van der Waals surface area contributed by atoms with Gasteiger partial charge in [0.25, 0.3) is 5.91 Å². The number of ether oxygens (including phenoxy) is 1. The Bertz CT molecular complexity index is 1410. The Labute approximate surface area is 249 Å². The van der Waals surface area contributed by atoms with Gasteiger partial charge in [0.2, 0.25) is 17.7 Å². The highest BCUT2D eigenvalue weighted by Gasteiger charge is 2.26. The summed E-state index contributed by atoms with van der Waals surface area (Å²) in [5.74, 6) is -1.79. The van der Waals surface area contributed by atoms with E-state index in [4.69, 9.17) is 4.74 Å². The Hall–Kier alpha value is -4.93. The summed E-state index contributed by atoms with van der Waals surface area (Å²) >= 11 is 0. The van der Waals surface area contributed by atoms with Crippen molar-refractivity contribution in [2.45, 2.75) is 44.2 Å². The molecule has 1 unspecified atom stereocenters. The van der Waals surface area contributed by atoms with E-state index in [0.29, 0.717) is 18.6 Å². The summed E-state index contributed by atoms with van der Waals surface area (Å²) in [4.78, 5) is 52.5. The largest absolute Gasteiger partial charge is 0.508 e. The van der Waals surface area contributed by atoms with Gasteiger partial charge in [-0.25, -0.2) is 4.39 Å². The van der Waals surface area contributed by atoms with Crippen LogP contribution in [-0.2, 0) is 27.2 Å². The summed E-state index contributed by atoms with van der Waals surface area (Å²) < 4.78 is 19.0. The Morgan fingerprint density at radius 2 is 1.67 bits per heavy atom. The second kappa shape index (κ2) is 15.3. The molecule has 0 fully saturated rings. The number of carbonyl (C=O) groups excluding carboxylic acids is 4. The van der Waals surface area contributed by atoms with Gasteiger partial charge >= 0.3 is 0 Å². The molecule has 3 aromatic carbocycles. The van der Waals surface area contributed by atoms with Crippen molar-refractivity contribution < 1.29 is 33.4 Å². The Balaban J connectivity index is 1.49. The fourth-order valence-electron chi connectivity index (χ4n) is 4.60. The summed E-state index contributed by atoms with van der Waals surface area (Å²) in [5.41, 5.74) is 1.80. The van der Waals surface area contributed by atoms with E-state index in [2.05, 4.69) is 21.3 Å². The molecule has 1 heterocycles. The van der Waals surface area contributed by atoms with Crippen molar-refractivity contribution in [3.63, 3.8) is 0 Å². The fraction of sp³-hybridized carbons (Fsp3) is 0.312. The van der Waals surface area contributed by atoms with E-state index in [-0.39, 0.29) is 62.0 Å². The first kappa shape index (κ1) is 31.0. The zero-order chi connectivity index (χ0) is 30.6. The highest BCUT2D eigenvalue weighted by Crippen LogP contribution is 2.19. The molecule has 0 radical (unpaired) electrons. The molecular formula is C32H35FN4O6. The second-order valence-electron chi connectivity index (χ2n) is 10.2. The van der Waals surface area contributed by atoms with Crippen LogP contribution in [0.5, 0.6) is 11.5 Å². The first-order chi connectivity index (χ1) is 20.8. The van der Waals surface area contributed by atoms with E-state index in [0.717, 1.165) is 11.1 Å². The van der Waals surface area contributed by atoms with Gasteiger partial charge in [-0.15, -0.1) is 0 Å². The van der Waals surface area contributed by atoms with Crippen molar-refractivity contribution in [1.29, 1.82) is 0 Å². The molecule has 0 saturated heterocycles. The number of carbonyl (C=O) groups is 4. The topological polar surface area (TPSA) is 146 Å². The highest BCUT2D eigenvalue weighted by molar-refractivity contribution is 5.99. The molecule has 2 atom stereocenters. The molecule has 226 valence electrons. The smallest absolute Gasteiger partial charge is 0.255 e. The minimum absolute atomic E-state index is 0.0312. The van der Waals surface area contributed by atoms with Gasteiger partial charge in [-0.05, 0) is 66.8 Å². The predicted molar refractivity (Wildman–Crippen MR) is 157 cm³/mol. The lowest BCUT2D eigenvalue weighted by atomic mass is 10.0. The number of phenolic OH excluding ortho intramolecular Hbond substituents is 1. The summed E-state index contributed by atoms with van der Waals surface area (Å²) in [6.45, 7) is 0.736. The van der Waals surface area contributed by atoms with Gasteiger partial charge < -0.3 is 31.1 Å². The first-order valence-electron chi connectivity index (χ1n) is 14.2. The minimum atomic E-state index is -1.06. The van der Waals surface area contributed by atoms with Gasteiger partial charge in [-0.2, -0.15) is 0 Å². The third-order valence-electron chi connectivity index (χ3n) is 6.95. The summed E-state index contributed by atoms with van der Waals surface area (Å²) in [5, 5.41) is 20.7. The van der Waals surface area contributed by atoms with Gasteiger partial charge in [0.15, 0.2) is 0 Å². The number of phenols is 1. The Kier molecular flexibility index (Phi) is 11.1. The molecule has 4 rings (SSSR count). The molecule has 3 aromatic rings. The molecule has 0 saturated carbocycles. The van der Waals surface area contributed by atoms with Gasteiger partial charge in [-0.3, -0.25) is 19.2 Å². The quantitative estimate of drug-likeness (QED) is 0.298. The van der Waals surface area contributed by atoms with Crippen LogP contribution in [-0.4, -0.2) is 60.5 Å². The van der Waals surface area contributed by atoms with E-state index in [1.807, 2.05) is 0 Å². The van der Waals surface area contributed by atoms with E-state index in [1.54, 1.807) is 48.5 Å². The number of halogens is 1. The maximum Gasteiger partial charge on any atom is 0.255 e. The van der Waals surface area contributed by atoms with Gasteiger partial charge in [0, 0.05) is 25.9 Å². The lowest BCUT2D eigenvalue weighted by Gasteiger charge is -2.22. The molecule has 43 heavy (non-hydrogen) atoms. The van der Waals surface area contributed by atoms with Crippen LogP contribution in [0.25, 0.3) is 0 Å². The zero-order valence-corrected chi connectivity index (χ0v) is 23.6. The van der Waals surface area contributed by atoms with Crippen molar-refractivity contribution >= 4 is 23.6 Å². The fourth-order valence-corrected chi connectivity index (χ4v) is 4.60. The van der Waals surface area contributed by atoms with Crippen molar-refractivity contribution in [2.24, 2.45) is 0 Å². The number of rotatable bonds is 6. The number of hydrogen-bond donors (Lipinski definition) is 5. The number of para-hydroxylation sites is 1. The molecule has 0 bridgehead atoms. The maximum absolute atomic E-state index is 13.3. The first-order valence-corrected chi connectivity index (χ1v) is 14.2. The van der Waals surface area contributed by atoms with Crippen LogP contribution in [0.2, 0.25) is 0 Å². The van der Waals surface area contributed by atoms with Crippen LogP contribution in [0, 0.1) is 5.82 Å². The second-order valence-corrected chi connectivity index (χ2v) is 10.2. The molecule has 0 aromatic heterocycles. The van der Waals surface area contributed by atoms with Crippen molar-refractivity contribution in [1.82, 2.24) is 21.3 Å². The number of aromatic hydroxyl groups is 1. The molecule has 0 spiro atoms. The normalized spacial score (nSPS) is 18.3. The molecule has 10 nitrogen and oxygen atoms in total. The predicted octanol–water partition coefficient (Wildman–Crippen LogP) is 2.39. The van der Waals surface area contributed by atoms with Gasteiger partial charge in [0.05, 0.1) is 12.2 Å². The number of benzene rings is 3. The van der Waals surface area contributed by atoms with Crippen LogP contribution in [0.15, 0.2) is 72.8 Å². The molecule has 1 aliphatic rings. The van der Waals surface area contributed by atoms with Crippen molar-refractivity contribution in [3.05, 3.63) is 95.3 Å². The molecule has 4 amide bonds. The van der Waals surface area contributed by atoms with Crippen LogP contribution in [0.4, 0.5) is 4.39 Å². The number of fused-ring (bicyclic) bond motifs is 1. The third-order valence-corrected chi connectivity index (χ3v) is 6.95. The van der Waals surface area contributed by atoms with Crippen molar-refractivity contribution in [2.75, 3.05) is 19.7 Å². The average Bonchev–Trinajstić information content (AvgIpc) is 3.00. The van der Waals surface area contributed by atoms with Crippen LogP contribution >= 0.6 is 0 Å². The number of nitrogens with one attached hydrogen (secondary N) is 4. The third kappa shape index (κ3) is 9.56. The molecule has 1 aliphatic heterocycles. The minimum Gasteiger partial charge on any atom is -0.508 e. The van der Waals surface area contributed by atoms with Gasteiger partial charge in [-0.1, -0.05) is 36.4 Å². The highest BCUT2D eigenvalue weighted by atomic mass is 19.1. The van der Waals surface area contributed by atoms with E-state index in [9.17, 15) is 28.7 Å². The molecule has 5 N–H and O–H groups in total. The Morgan fingerprint density at radius 3 is 2.44 bits per heavy atom. The summed E-state index contributed by atoms with van der Waals surface area (Å²) in [7, 11) is 0. The lowest BCUT2D eigenvalue weighted by molar-refractivity contribution is -0.129. The molecular weight excluding hydrogens is 555 g/mol. The summed E-state index contributed by atoms with van der Waals surface area (Å²) in [6, 6.07) is 17.0. The zero-order valence-electron chi connectivity index (χ0n) is 23.6. The number of amides is 4. The SMILES string of the molecule is O=C1CC[C@@H](C(=O)NCCc2ccc(F)cc2)NC(=O)c2ccccc2OCCCNC(=O)C(Cc2ccc(O)cc2)N1. The van der Waals surface area contributed by atoms with Crippen LogP contribution in [0.3, 0.4) is 0 Å².